The molecule has 1 unspecified atom stereocenters. The second-order valence-corrected chi connectivity index (χ2v) is 5.91. The van der Waals surface area contributed by atoms with Crippen molar-refractivity contribution in [2.45, 2.75) is 26.4 Å². The van der Waals surface area contributed by atoms with Crippen LogP contribution in [0, 0.1) is 6.92 Å². The summed E-state index contributed by atoms with van der Waals surface area (Å²) in [5.74, 6) is -1.20. The fraction of sp³-hybridized carbons (Fsp3) is 0.211. The van der Waals surface area contributed by atoms with Crippen LogP contribution in [-0.2, 0) is 11.3 Å². The molecule has 0 fully saturated rings. The highest BCUT2D eigenvalue weighted by Gasteiger charge is 2.40. The standard InChI is InChI=1S/C19H18N2O3/c1-12-7-9-14(10-8-12)11-20-17(22)13(2)21-18(23)15-5-3-4-6-16(15)19(21)24/h3-10,13H,11H2,1-2H3,(H,20,22). The maximum absolute atomic E-state index is 12.4. The van der Waals surface area contributed by atoms with Gasteiger partial charge in [0.15, 0.2) is 0 Å². The number of benzene rings is 2. The number of carbonyl (C=O) groups excluding carboxylic acids is 3. The van der Waals surface area contributed by atoms with Gasteiger partial charge in [-0.05, 0) is 31.5 Å². The fourth-order valence-electron chi connectivity index (χ4n) is 2.72. The molecule has 2 aromatic rings. The minimum atomic E-state index is -0.858. The van der Waals surface area contributed by atoms with Crippen molar-refractivity contribution in [3.63, 3.8) is 0 Å². The summed E-state index contributed by atoms with van der Waals surface area (Å²) in [6.45, 7) is 3.91. The van der Waals surface area contributed by atoms with Gasteiger partial charge in [-0.1, -0.05) is 42.0 Å². The van der Waals surface area contributed by atoms with Crippen LogP contribution in [0.25, 0.3) is 0 Å². The molecule has 0 radical (unpaired) electrons. The molecule has 0 saturated heterocycles. The lowest BCUT2D eigenvalue weighted by Gasteiger charge is -2.21. The summed E-state index contributed by atoms with van der Waals surface area (Å²) in [6, 6.07) is 13.6. The number of carbonyl (C=O) groups is 3. The van der Waals surface area contributed by atoms with Crippen LogP contribution in [0.15, 0.2) is 48.5 Å². The zero-order valence-electron chi connectivity index (χ0n) is 13.6. The fourth-order valence-corrected chi connectivity index (χ4v) is 2.72. The SMILES string of the molecule is Cc1ccc(CNC(=O)C(C)N2C(=O)c3ccccc3C2=O)cc1. The van der Waals surface area contributed by atoms with Gasteiger partial charge < -0.3 is 5.32 Å². The average molecular weight is 322 g/mol. The summed E-state index contributed by atoms with van der Waals surface area (Å²) in [7, 11) is 0. The number of amides is 3. The second-order valence-electron chi connectivity index (χ2n) is 5.91. The van der Waals surface area contributed by atoms with E-state index in [1.54, 1.807) is 31.2 Å². The third-order valence-corrected chi connectivity index (χ3v) is 4.18. The molecular weight excluding hydrogens is 304 g/mol. The van der Waals surface area contributed by atoms with Gasteiger partial charge in [0.05, 0.1) is 11.1 Å². The summed E-state index contributed by atoms with van der Waals surface area (Å²) in [4.78, 5) is 38.2. The first-order valence-corrected chi connectivity index (χ1v) is 7.79. The number of aryl methyl sites for hydroxylation is 1. The zero-order chi connectivity index (χ0) is 17.3. The summed E-state index contributed by atoms with van der Waals surface area (Å²) in [5, 5.41) is 2.78. The monoisotopic (exact) mass is 322 g/mol. The quantitative estimate of drug-likeness (QED) is 0.878. The van der Waals surface area contributed by atoms with Crippen LogP contribution in [0.4, 0.5) is 0 Å². The molecular formula is C19H18N2O3. The van der Waals surface area contributed by atoms with Crippen molar-refractivity contribution in [3.05, 3.63) is 70.8 Å². The Hall–Kier alpha value is -2.95. The predicted molar refractivity (Wildman–Crippen MR) is 89.4 cm³/mol. The first-order valence-electron chi connectivity index (χ1n) is 7.79. The van der Waals surface area contributed by atoms with Crippen molar-refractivity contribution >= 4 is 17.7 Å². The van der Waals surface area contributed by atoms with E-state index in [1.165, 1.54) is 0 Å². The molecule has 122 valence electrons. The van der Waals surface area contributed by atoms with Gasteiger partial charge in [-0.2, -0.15) is 0 Å². The topological polar surface area (TPSA) is 66.5 Å². The number of nitrogens with zero attached hydrogens (tertiary/aromatic N) is 1. The molecule has 5 heteroatoms. The van der Waals surface area contributed by atoms with Crippen molar-refractivity contribution in [2.75, 3.05) is 0 Å². The minimum Gasteiger partial charge on any atom is -0.350 e. The van der Waals surface area contributed by atoms with E-state index in [2.05, 4.69) is 5.32 Å². The molecule has 3 rings (SSSR count). The first-order chi connectivity index (χ1) is 11.5. The third kappa shape index (κ3) is 2.80. The number of fused-ring (bicyclic) bond motifs is 1. The van der Waals surface area contributed by atoms with E-state index in [0.717, 1.165) is 16.0 Å². The Bertz CT molecular complexity index is 777. The van der Waals surface area contributed by atoms with Gasteiger partial charge in [0.1, 0.15) is 6.04 Å². The largest absolute Gasteiger partial charge is 0.350 e. The molecule has 24 heavy (non-hydrogen) atoms. The second kappa shape index (κ2) is 6.28. The smallest absolute Gasteiger partial charge is 0.262 e. The molecule has 1 aliphatic heterocycles. The third-order valence-electron chi connectivity index (χ3n) is 4.18. The number of hydrogen-bond acceptors (Lipinski definition) is 3. The van der Waals surface area contributed by atoms with Gasteiger partial charge >= 0.3 is 0 Å². The molecule has 0 spiro atoms. The first kappa shape index (κ1) is 15.9. The van der Waals surface area contributed by atoms with Crippen molar-refractivity contribution in [2.24, 2.45) is 0 Å². The van der Waals surface area contributed by atoms with Gasteiger partial charge in [-0.15, -0.1) is 0 Å². The minimum absolute atomic E-state index is 0.348. The molecule has 0 bridgehead atoms. The van der Waals surface area contributed by atoms with Crippen LogP contribution in [0.1, 0.15) is 38.8 Å². The van der Waals surface area contributed by atoms with E-state index in [0.29, 0.717) is 17.7 Å². The Labute approximate surface area is 140 Å². The Kier molecular flexibility index (Phi) is 4.16. The van der Waals surface area contributed by atoms with Crippen LogP contribution >= 0.6 is 0 Å². The van der Waals surface area contributed by atoms with E-state index in [9.17, 15) is 14.4 Å². The van der Waals surface area contributed by atoms with E-state index in [-0.39, 0.29) is 5.91 Å². The highest BCUT2D eigenvalue weighted by molar-refractivity contribution is 6.22. The summed E-state index contributed by atoms with van der Waals surface area (Å²) in [6.07, 6.45) is 0. The highest BCUT2D eigenvalue weighted by Crippen LogP contribution is 2.24. The Morgan fingerprint density at radius 2 is 1.54 bits per heavy atom. The molecule has 1 N–H and O–H groups in total. The van der Waals surface area contributed by atoms with Gasteiger partial charge in [-0.3, -0.25) is 19.3 Å². The van der Waals surface area contributed by atoms with Crippen LogP contribution in [0.2, 0.25) is 0 Å². The molecule has 5 nitrogen and oxygen atoms in total. The van der Waals surface area contributed by atoms with Crippen LogP contribution in [0.3, 0.4) is 0 Å². The van der Waals surface area contributed by atoms with Crippen molar-refractivity contribution < 1.29 is 14.4 Å². The van der Waals surface area contributed by atoms with Crippen molar-refractivity contribution in [3.8, 4) is 0 Å². The van der Waals surface area contributed by atoms with Gasteiger partial charge in [0.25, 0.3) is 11.8 Å². The molecule has 1 aliphatic rings. The molecule has 0 aliphatic carbocycles. The van der Waals surface area contributed by atoms with Crippen molar-refractivity contribution in [1.82, 2.24) is 10.2 Å². The van der Waals surface area contributed by atoms with Gasteiger partial charge in [0.2, 0.25) is 5.91 Å². The van der Waals surface area contributed by atoms with Crippen LogP contribution < -0.4 is 5.32 Å². The average Bonchev–Trinajstić information content (AvgIpc) is 2.85. The molecule has 0 saturated carbocycles. The summed E-state index contributed by atoms with van der Waals surface area (Å²) >= 11 is 0. The number of nitrogens with one attached hydrogen (secondary N) is 1. The molecule has 1 atom stereocenters. The lowest BCUT2D eigenvalue weighted by atomic mass is 10.1. The zero-order valence-corrected chi connectivity index (χ0v) is 13.6. The Morgan fingerprint density at radius 1 is 1.00 bits per heavy atom. The molecule has 0 aromatic heterocycles. The Morgan fingerprint density at radius 3 is 2.08 bits per heavy atom. The van der Waals surface area contributed by atoms with Crippen molar-refractivity contribution in [1.29, 1.82) is 0 Å². The van der Waals surface area contributed by atoms with Gasteiger partial charge in [-0.25, -0.2) is 0 Å². The lowest BCUT2D eigenvalue weighted by Crippen LogP contribution is -2.47. The normalized spacial score (nSPS) is 14.5. The van der Waals surface area contributed by atoms with E-state index in [1.807, 2.05) is 31.2 Å². The number of imide groups is 1. The van der Waals surface area contributed by atoms with Crippen LogP contribution in [-0.4, -0.2) is 28.7 Å². The number of rotatable bonds is 4. The highest BCUT2D eigenvalue weighted by atomic mass is 16.2. The van der Waals surface area contributed by atoms with Crippen LogP contribution in [0.5, 0.6) is 0 Å². The van der Waals surface area contributed by atoms with E-state index < -0.39 is 17.9 Å². The van der Waals surface area contributed by atoms with E-state index in [4.69, 9.17) is 0 Å². The summed E-state index contributed by atoms with van der Waals surface area (Å²) in [5.41, 5.74) is 2.80. The molecule has 1 heterocycles. The maximum Gasteiger partial charge on any atom is 0.262 e. The number of hydrogen-bond donors (Lipinski definition) is 1. The van der Waals surface area contributed by atoms with E-state index >= 15 is 0 Å². The van der Waals surface area contributed by atoms with Gasteiger partial charge in [0, 0.05) is 6.54 Å². The Balaban J connectivity index is 1.69. The predicted octanol–water partition coefficient (Wildman–Crippen LogP) is 2.30. The molecule has 2 aromatic carbocycles. The molecule has 3 amide bonds. The summed E-state index contributed by atoms with van der Waals surface area (Å²) < 4.78 is 0. The maximum atomic E-state index is 12.4. The lowest BCUT2D eigenvalue weighted by molar-refractivity contribution is -0.124.